The number of nitrogens with two attached hydrogens (primary N) is 1. The molecule has 1 heterocycles. The highest BCUT2D eigenvalue weighted by atomic mass is 19.1. The molecule has 0 bridgehead atoms. The van der Waals surface area contributed by atoms with Crippen LogP contribution in [0.5, 0.6) is 0 Å². The number of rotatable bonds is 9. The zero-order valence-electron chi connectivity index (χ0n) is 17.9. The summed E-state index contributed by atoms with van der Waals surface area (Å²) in [6.07, 6.45) is 4.54. The maximum absolute atomic E-state index is 15.1. The average Bonchev–Trinajstić information content (AvgIpc) is 2.73. The molecule has 3 rings (SSSR count). The summed E-state index contributed by atoms with van der Waals surface area (Å²) >= 11 is 0. The number of aryl methyl sites for hydroxylation is 1. The van der Waals surface area contributed by atoms with Crippen molar-refractivity contribution < 1.29 is 9.13 Å². The molecule has 0 saturated carbocycles. The highest BCUT2D eigenvalue weighted by Gasteiger charge is 2.31. The number of benzene rings is 2. The molecule has 1 saturated heterocycles. The first kappa shape index (κ1) is 21.9. The Balaban J connectivity index is 1.96. The first-order valence-electron chi connectivity index (χ1n) is 11.0. The van der Waals surface area contributed by atoms with E-state index in [1.54, 1.807) is 12.1 Å². The van der Waals surface area contributed by atoms with Crippen molar-refractivity contribution in [3.63, 3.8) is 0 Å². The lowest BCUT2D eigenvalue weighted by Gasteiger charge is -2.37. The van der Waals surface area contributed by atoms with Gasteiger partial charge in [0.05, 0.1) is 12.7 Å². The third kappa shape index (κ3) is 5.65. The van der Waals surface area contributed by atoms with Gasteiger partial charge in [-0.3, -0.25) is 0 Å². The number of halogens is 1. The Kier molecular flexibility index (Phi) is 8.22. The summed E-state index contributed by atoms with van der Waals surface area (Å²) in [5.41, 5.74) is 9.43. The van der Waals surface area contributed by atoms with E-state index in [2.05, 4.69) is 17.9 Å². The molecule has 1 aliphatic heterocycles. The fourth-order valence-corrected chi connectivity index (χ4v) is 4.48. The van der Waals surface area contributed by atoms with E-state index in [0.29, 0.717) is 24.6 Å². The molecule has 3 nitrogen and oxygen atoms in total. The van der Waals surface area contributed by atoms with Crippen LogP contribution in [0, 0.1) is 18.7 Å². The summed E-state index contributed by atoms with van der Waals surface area (Å²) in [5.74, 6) is 0.158. The second kappa shape index (κ2) is 10.9. The zero-order chi connectivity index (χ0) is 20.6. The van der Waals surface area contributed by atoms with Crippen molar-refractivity contribution in [3.05, 3.63) is 59.4 Å². The minimum atomic E-state index is -0.187. The Hall–Kier alpha value is -1.75. The molecule has 2 N–H and O–H groups in total. The van der Waals surface area contributed by atoms with Gasteiger partial charge in [-0.05, 0) is 56.5 Å². The highest BCUT2D eigenvalue weighted by Crippen LogP contribution is 2.39. The number of hydrogen-bond acceptors (Lipinski definition) is 3. The van der Waals surface area contributed by atoms with Crippen LogP contribution in [0.1, 0.15) is 49.8 Å². The molecular formula is C25H35FN2O. The van der Waals surface area contributed by atoms with Gasteiger partial charge in [-0.15, -0.1) is 0 Å². The molecule has 2 aromatic rings. The summed E-state index contributed by atoms with van der Waals surface area (Å²) in [7, 11) is 0. The summed E-state index contributed by atoms with van der Waals surface area (Å²) in [6, 6.07) is 13.5. The summed E-state index contributed by atoms with van der Waals surface area (Å²) in [6.45, 7) is 8.50. The summed E-state index contributed by atoms with van der Waals surface area (Å²) in [5, 5.41) is 0. The number of nitrogens with zero attached hydrogens (tertiary/aromatic N) is 1. The van der Waals surface area contributed by atoms with E-state index in [1.807, 2.05) is 31.2 Å². The summed E-state index contributed by atoms with van der Waals surface area (Å²) in [4.78, 5) is 2.54. The van der Waals surface area contributed by atoms with Crippen LogP contribution in [-0.4, -0.2) is 37.7 Å². The molecule has 2 aromatic carbocycles. The molecule has 1 aliphatic rings. The number of hydrogen-bond donors (Lipinski definition) is 1. The van der Waals surface area contributed by atoms with Crippen LogP contribution in [0.4, 0.5) is 4.39 Å². The smallest absolute Gasteiger partial charge is 0.131 e. The van der Waals surface area contributed by atoms with Crippen LogP contribution in [0.3, 0.4) is 0 Å². The van der Waals surface area contributed by atoms with E-state index in [0.717, 1.165) is 49.2 Å². The SMILES string of the molecule is CCCCN1CCCC([C@@H](OCCN)c2cccc(F)c2-c2cccc(C)c2)C1. The molecule has 0 spiro atoms. The van der Waals surface area contributed by atoms with E-state index in [4.69, 9.17) is 10.5 Å². The van der Waals surface area contributed by atoms with Gasteiger partial charge in [0.2, 0.25) is 0 Å². The fourth-order valence-electron chi connectivity index (χ4n) is 4.48. The first-order valence-corrected chi connectivity index (χ1v) is 11.0. The van der Waals surface area contributed by atoms with Gasteiger partial charge in [0.1, 0.15) is 5.82 Å². The lowest BCUT2D eigenvalue weighted by Crippen LogP contribution is -2.39. The topological polar surface area (TPSA) is 38.5 Å². The maximum atomic E-state index is 15.1. The minimum absolute atomic E-state index is 0.144. The molecule has 1 unspecified atom stereocenters. The number of likely N-dealkylation sites (tertiary alicyclic amines) is 1. The molecule has 4 heteroatoms. The fraction of sp³-hybridized carbons (Fsp3) is 0.520. The molecule has 29 heavy (non-hydrogen) atoms. The molecule has 1 fully saturated rings. The quantitative estimate of drug-likeness (QED) is 0.620. The lowest BCUT2D eigenvalue weighted by molar-refractivity contribution is -0.0124. The minimum Gasteiger partial charge on any atom is -0.372 e. The van der Waals surface area contributed by atoms with Crippen LogP contribution in [-0.2, 0) is 4.74 Å². The van der Waals surface area contributed by atoms with Crippen molar-refractivity contribution in [2.75, 3.05) is 32.8 Å². The summed E-state index contributed by atoms with van der Waals surface area (Å²) < 4.78 is 21.4. The van der Waals surface area contributed by atoms with Crippen LogP contribution in [0.25, 0.3) is 11.1 Å². The van der Waals surface area contributed by atoms with E-state index in [-0.39, 0.29) is 11.9 Å². The predicted octanol–water partition coefficient (Wildman–Crippen LogP) is 5.33. The number of ether oxygens (including phenoxy) is 1. The van der Waals surface area contributed by atoms with Crippen molar-refractivity contribution in [2.24, 2.45) is 11.7 Å². The van der Waals surface area contributed by atoms with Crippen molar-refractivity contribution in [1.82, 2.24) is 4.90 Å². The third-order valence-corrected chi connectivity index (χ3v) is 5.87. The Morgan fingerprint density at radius 3 is 2.83 bits per heavy atom. The van der Waals surface area contributed by atoms with Gasteiger partial charge >= 0.3 is 0 Å². The lowest BCUT2D eigenvalue weighted by atomic mass is 9.84. The van der Waals surface area contributed by atoms with Gasteiger partial charge in [-0.2, -0.15) is 0 Å². The van der Waals surface area contributed by atoms with E-state index in [9.17, 15) is 0 Å². The van der Waals surface area contributed by atoms with Crippen molar-refractivity contribution in [2.45, 2.75) is 45.6 Å². The first-order chi connectivity index (χ1) is 14.1. The van der Waals surface area contributed by atoms with Gasteiger partial charge in [0.25, 0.3) is 0 Å². The van der Waals surface area contributed by atoms with E-state index < -0.39 is 0 Å². The van der Waals surface area contributed by atoms with Gasteiger partial charge in [-0.1, -0.05) is 55.3 Å². The standard InChI is InChI=1S/C25H35FN2O/c1-3-4-14-28-15-7-10-21(18-28)25(29-16-13-27)22-11-6-12-23(26)24(22)20-9-5-8-19(2)17-20/h5-6,8-9,11-12,17,21,25H,3-4,7,10,13-16,18,27H2,1-2H3/t21?,25-/m1/s1. The maximum Gasteiger partial charge on any atom is 0.131 e. The van der Waals surface area contributed by atoms with Crippen LogP contribution < -0.4 is 5.73 Å². The van der Waals surface area contributed by atoms with Crippen LogP contribution in [0.15, 0.2) is 42.5 Å². The third-order valence-electron chi connectivity index (χ3n) is 5.87. The van der Waals surface area contributed by atoms with Gasteiger partial charge in [0.15, 0.2) is 0 Å². The Labute approximate surface area is 175 Å². The molecule has 0 aliphatic carbocycles. The largest absolute Gasteiger partial charge is 0.372 e. The Bertz CT molecular complexity index is 779. The Morgan fingerprint density at radius 2 is 2.07 bits per heavy atom. The average molecular weight is 399 g/mol. The molecule has 0 radical (unpaired) electrons. The van der Waals surface area contributed by atoms with E-state index >= 15 is 4.39 Å². The van der Waals surface area contributed by atoms with Crippen molar-refractivity contribution in [1.29, 1.82) is 0 Å². The van der Waals surface area contributed by atoms with Crippen molar-refractivity contribution >= 4 is 0 Å². The molecule has 0 aromatic heterocycles. The van der Waals surface area contributed by atoms with Crippen molar-refractivity contribution in [3.8, 4) is 11.1 Å². The van der Waals surface area contributed by atoms with E-state index in [1.165, 1.54) is 12.8 Å². The van der Waals surface area contributed by atoms with Gasteiger partial charge in [0, 0.05) is 24.6 Å². The van der Waals surface area contributed by atoms with Crippen LogP contribution >= 0.6 is 0 Å². The highest BCUT2D eigenvalue weighted by molar-refractivity contribution is 5.69. The number of piperidine rings is 1. The molecule has 158 valence electrons. The number of unbranched alkanes of at least 4 members (excludes halogenated alkanes) is 1. The molecule has 2 atom stereocenters. The molecular weight excluding hydrogens is 363 g/mol. The monoisotopic (exact) mass is 398 g/mol. The predicted molar refractivity (Wildman–Crippen MR) is 118 cm³/mol. The second-order valence-electron chi connectivity index (χ2n) is 8.21. The van der Waals surface area contributed by atoms with Crippen LogP contribution in [0.2, 0.25) is 0 Å². The van der Waals surface area contributed by atoms with Gasteiger partial charge in [-0.25, -0.2) is 4.39 Å². The second-order valence-corrected chi connectivity index (χ2v) is 8.21. The molecule has 0 amide bonds. The van der Waals surface area contributed by atoms with Gasteiger partial charge < -0.3 is 15.4 Å². The zero-order valence-corrected chi connectivity index (χ0v) is 17.9. The normalized spacial score (nSPS) is 18.7. The Morgan fingerprint density at radius 1 is 1.24 bits per heavy atom.